The summed E-state index contributed by atoms with van der Waals surface area (Å²) in [6.07, 6.45) is 1.58. The first-order chi connectivity index (χ1) is 11.7. The van der Waals surface area contributed by atoms with Crippen molar-refractivity contribution < 1.29 is 9.18 Å². The molecule has 4 nitrogen and oxygen atoms in total. The van der Waals surface area contributed by atoms with Gasteiger partial charge in [0.2, 0.25) is 0 Å². The van der Waals surface area contributed by atoms with E-state index in [2.05, 4.69) is 15.6 Å². The predicted octanol–water partition coefficient (Wildman–Crippen LogP) is 3.89. The van der Waals surface area contributed by atoms with Gasteiger partial charge in [-0.2, -0.15) is 0 Å². The van der Waals surface area contributed by atoms with E-state index in [0.717, 1.165) is 5.56 Å². The Hall–Kier alpha value is -3.21. The molecule has 0 saturated carbocycles. The van der Waals surface area contributed by atoms with Crippen LogP contribution in [0.2, 0.25) is 0 Å². The molecule has 0 atom stereocenters. The summed E-state index contributed by atoms with van der Waals surface area (Å²) >= 11 is 0. The Labute approximate surface area is 139 Å². The Bertz CT molecular complexity index is 837. The highest BCUT2D eigenvalue weighted by atomic mass is 19.1. The third-order valence-electron chi connectivity index (χ3n) is 3.44. The Balaban J connectivity index is 1.74. The molecule has 5 heteroatoms. The molecule has 0 unspecified atom stereocenters. The average Bonchev–Trinajstić information content (AvgIpc) is 2.61. The van der Waals surface area contributed by atoms with E-state index < -0.39 is 0 Å². The first-order valence-electron chi connectivity index (χ1n) is 7.52. The van der Waals surface area contributed by atoms with Crippen molar-refractivity contribution in [1.82, 2.24) is 10.3 Å². The van der Waals surface area contributed by atoms with E-state index in [0.29, 0.717) is 23.6 Å². The summed E-state index contributed by atoms with van der Waals surface area (Å²) in [6, 6.07) is 19.0. The molecule has 3 aromatic rings. The smallest absolute Gasteiger partial charge is 0.255 e. The number of carbonyl (C=O) groups excluding carboxylic acids is 1. The summed E-state index contributed by atoms with van der Waals surface area (Å²) in [4.78, 5) is 16.6. The van der Waals surface area contributed by atoms with Gasteiger partial charge >= 0.3 is 0 Å². The van der Waals surface area contributed by atoms with Gasteiger partial charge in [0.05, 0.1) is 5.56 Å². The topological polar surface area (TPSA) is 54.0 Å². The summed E-state index contributed by atoms with van der Waals surface area (Å²) in [5, 5.41) is 5.84. The number of aromatic nitrogens is 1. The summed E-state index contributed by atoms with van der Waals surface area (Å²) in [7, 11) is 0. The average molecular weight is 321 g/mol. The van der Waals surface area contributed by atoms with E-state index in [1.165, 1.54) is 12.1 Å². The van der Waals surface area contributed by atoms with Gasteiger partial charge in [-0.15, -0.1) is 0 Å². The van der Waals surface area contributed by atoms with Crippen molar-refractivity contribution in [3.05, 3.63) is 89.9 Å². The van der Waals surface area contributed by atoms with E-state index in [9.17, 15) is 9.18 Å². The van der Waals surface area contributed by atoms with Crippen LogP contribution in [0.15, 0.2) is 72.9 Å². The number of carbonyl (C=O) groups is 1. The second kappa shape index (κ2) is 7.37. The number of pyridine rings is 1. The maximum atomic E-state index is 13.3. The second-order valence-corrected chi connectivity index (χ2v) is 5.20. The number of anilines is 2. The molecular formula is C19H16FN3O. The van der Waals surface area contributed by atoms with Gasteiger partial charge in [0.25, 0.3) is 5.91 Å². The molecular weight excluding hydrogens is 305 g/mol. The van der Waals surface area contributed by atoms with Crippen molar-refractivity contribution in [1.29, 1.82) is 0 Å². The maximum absolute atomic E-state index is 13.3. The number of rotatable bonds is 5. The summed E-state index contributed by atoms with van der Waals surface area (Å²) in [5.41, 5.74) is 1.94. The van der Waals surface area contributed by atoms with Crippen LogP contribution in [0.1, 0.15) is 15.9 Å². The van der Waals surface area contributed by atoms with Gasteiger partial charge in [0.1, 0.15) is 11.6 Å². The number of benzene rings is 2. The van der Waals surface area contributed by atoms with E-state index in [-0.39, 0.29) is 11.7 Å². The van der Waals surface area contributed by atoms with Gasteiger partial charge < -0.3 is 10.6 Å². The van der Waals surface area contributed by atoms with Crippen LogP contribution in [0.4, 0.5) is 15.9 Å². The first-order valence-corrected chi connectivity index (χ1v) is 7.52. The highest BCUT2D eigenvalue weighted by Crippen LogP contribution is 2.19. The molecule has 2 aromatic carbocycles. The molecule has 1 heterocycles. The summed E-state index contributed by atoms with van der Waals surface area (Å²) < 4.78 is 13.3. The van der Waals surface area contributed by atoms with E-state index >= 15 is 0 Å². The predicted molar refractivity (Wildman–Crippen MR) is 91.5 cm³/mol. The quantitative estimate of drug-likeness (QED) is 0.749. The van der Waals surface area contributed by atoms with Crippen molar-refractivity contribution >= 4 is 17.4 Å². The summed E-state index contributed by atoms with van der Waals surface area (Å²) in [6.45, 7) is 0.425. The highest BCUT2D eigenvalue weighted by molar-refractivity contribution is 5.99. The van der Waals surface area contributed by atoms with Gasteiger partial charge in [-0.3, -0.25) is 4.79 Å². The molecule has 0 aliphatic carbocycles. The van der Waals surface area contributed by atoms with E-state index in [4.69, 9.17) is 0 Å². The largest absolute Gasteiger partial charge is 0.348 e. The SMILES string of the molecule is O=C(NCc1ccccc1)c1cccnc1Nc1cccc(F)c1. The Morgan fingerprint density at radius 3 is 2.62 bits per heavy atom. The monoisotopic (exact) mass is 321 g/mol. The van der Waals surface area contributed by atoms with Crippen LogP contribution < -0.4 is 10.6 Å². The summed E-state index contributed by atoms with van der Waals surface area (Å²) in [5.74, 6) is -0.217. The molecule has 0 fully saturated rings. The maximum Gasteiger partial charge on any atom is 0.255 e. The number of nitrogens with one attached hydrogen (secondary N) is 2. The lowest BCUT2D eigenvalue weighted by Gasteiger charge is -2.11. The number of amides is 1. The molecule has 0 bridgehead atoms. The minimum absolute atomic E-state index is 0.245. The number of nitrogens with zero attached hydrogens (tertiary/aromatic N) is 1. The lowest BCUT2D eigenvalue weighted by molar-refractivity contribution is 0.0951. The van der Waals surface area contributed by atoms with Crippen molar-refractivity contribution in [2.75, 3.05) is 5.32 Å². The number of hydrogen-bond acceptors (Lipinski definition) is 3. The molecule has 1 aromatic heterocycles. The van der Waals surface area contributed by atoms with Crippen molar-refractivity contribution in [2.24, 2.45) is 0 Å². The fourth-order valence-electron chi connectivity index (χ4n) is 2.26. The first kappa shape index (κ1) is 15.7. The third-order valence-corrected chi connectivity index (χ3v) is 3.44. The fourth-order valence-corrected chi connectivity index (χ4v) is 2.26. The van der Waals surface area contributed by atoms with E-state index in [1.54, 1.807) is 30.5 Å². The lowest BCUT2D eigenvalue weighted by atomic mass is 10.2. The van der Waals surface area contributed by atoms with Gasteiger partial charge in [-0.25, -0.2) is 9.37 Å². The molecule has 24 heavy (non-hydrogen) atoms. The van der Waals surface area contributed by atoms with E-state index in [1.807, 2.05) is 30.3 Å². The Morgan fingerprint density at radius 2 is 1.83 bits per heavy atom. The molecule has 120 valence electrons. The molecule has 0 aliphatic rings. The standard InChI is InChI=1S/C19H16FN3O/c20-15-8-4-9-16(12-15)23-18-17(10-5-11-21-18)19(24)22-13-14-6-2-1-3-7-14/h1-12H,13H2,(H,21,23)(H,22,24). The number of hydrogen-bond donors (Lipinski definition) is 2. The lowest BCUT2D eigenvalue weighted by Crippen LogP contribution is -2.24. The van der Waals surface area contributed by atoms with Gasteiger partial charge in [-0.1, -0.05) is 36.4 Å². The molecule has 0 radical (unpaired) electrons. The second-order valence-electron chi connectivity index (χ2n) is 5.20. The van der Waals surface area contributed by atoms with Crippen LogP contribution in [0.25, 0.3) is 0 Å². The van der Waals surface area contributed by atoms with Gasteiger partial charge in [-0.05, 0) is 35.9 Å². The Morgan fingerprint density at radius 1 is 1.00 bits per heavy atom. The fraction of sp³-hybridized carbons (Fsp3) is 0.0526. The van der Waals surface area contributed by atoms with Crippen LogP contribution in [-0.4, -0.2) is 10.9 Å². The van der Waals surface area contributed by atoms with Gasteiger partial charge in [0, 0.05) is 18.4 Å². The van der Waals surface area contributed by atoms with Crippen molar-refractivity contribution in [3.8, 4) is 0 Å². The van der Waals surface area contributed by atoms with Crippen molar-refractivity contribution in [3.63, 3.8) is 0 Å². The molecule has 3 rings (SSSR count). The zero-order chi connectivity index (χ0) is 16.8. The normalized spacial score (nSPS) is 10.2. The van der Waals surface area contributed by atoms with Crippen molar-refractivity contribution in [2.45, 2.75) is 6.54 Å². The molecule has 0 spiro atoms. The minimum atomic E-state index is -0.356. The van der Waals surface area contributed by atoms with Crippen LogP contribution in [0.5, 0.6) is 0 Å². The zero-order valence-corrected chi connectivity index (χ0v) is 12.9. The van der Waals surface area contributed by atoms with Crippen LogP contribution in [0, 0.1) is 5.82 Å². The van der Waals surface area contributed by atoms with Crippen LogP contribution in [0.3, 0.4) is 0 Å². The minimum Gasteiger partial charge on any atom is -0.348 e. The Kier molecular flexibility index (Phi) is 4.81. The molecule has 0 aliphatic heterocycles. The molecule has 1 amide bonds. The molecule has 2 N–H and O–H groups in total. The zero-order valence-electron chi connectivity index (χ0n) is 12.9. The van der Waals surface area contributed by atoms with Crippen LogP contribution >= 0.6 is 0 Å². The van der Waals surface area contributed by atoms with Crippen LogP contribution in [-0.2, 0) is 6.54 Å². The third kappa shape index (κ3) is 3.95. The molecule has 0 saturated heterocycles. The number of halogens is 1. The highest BCUT2D eigenvalue weighted by Gasteiger charge is 2.12. The van der Waals surface area contributed by atoms with Gasteiger partial charge in [0.15, 0.2) is 0 Å².